The number of hydrogen-bond acceptors (Lipinski definition) is 1. The molecule has 1 aromatic rings. The summed E-state index contributed by atoms with van der Waals surface area (Å²) in [6.07, 6.45) is 3.23. The molecule has 112 valence electrons. The first-order chi connectivity index (χ1) is 9.37. The van der Waals surface area contributed by atoms with Crippen molar-refractivity contribution in [2.24, 2.45) is 11.3 Å². The number of rotatable bonds is 4. The number of hydrogen-bond donors (Lipinski definition) is 1. The van der Waals surface area contributed by atoms with Crippen LogP contribution in [0, 0.1) is 28.8 Å². The van der Waals surface area contributed by atoms with Gasteiger partial charge in [0.15, 0.2) is 17.5 Å². The van der Waals surface area contributed by atoms with Crippen LogP contribution < -0.4 is 0 Å². The van der Waals surface area contributed by atoms with Crippen LogP contribution in [0.2, 0.25) is 0 Å². The molecule has 4 heteroatoms. The van der Waals surface area contributed by atoms with Crippen LogP contribution >= 0.6 is 0 Å². The predicted octanol–water partition coefficient (Wildman–Crippen LogP) is 4.74. The van der Waals surface area contributed by atoms with E-state index < -0.39 is 29.0 Å². The molecule has 0 spiro atoms. The molecule has 1 atom stereocenters. The van der Waals surface area contributed by atoms with Crippen LogP contribution in [0.4, 0.5) is 13.2 Å². The lowest BCUT2D eigenvalue weighted by molar-refractivity contribution is 0.00821. The van der Waals surface area contributed by atoms with Crippen molar-refractivity contribution in [3.8, 4) is 0 Å². The van der Waals surface area contributed by atoms with Crippen LogP contribution in [0.3, 0.4) is 0 Å². The van der Waals surface area contributed by atoms with E-state index in [0.717, 1.165) is 38.2 Å². The maximum atomic E-state index is 13.9. The summed E-state index contributed by atoms with van der Waals surface area (Å²) in [4.78, 5) is 0. The van der Waals surface area contributed by atoms with Crippen molar-refractivity contribution in [1.82, 2.24) is 0 Å². The third-order valence-corrected chi connectivity index (χ3v) is 4.35. The summed E-state index contributed by atoms with van der Waals surface area (Å²) < 4.78 is 40.3. The molecule has 1 N–H and O–H groups in total. The Kier molecular flexibility index (Phi) is 4.43. The maximum Gasteiger partial charge on any atom is 0.194 e. The molecule has 1 unspecified atom stereocenters. The molecule has 1 fully saturated rings. The average Bonchev–Trinajstić information content (AvgIpc) is 2.84. The largest absolute Gasteiger partial charge is 0.388 e. The summed E-state index contributed by atoms with van der Waals surface area (Å²) in [5.41, 5.74) is -0.536. The summed E-state index contributed by atoms with van der Waals surface area (Å²) in [5, 5.41) is 10.6. The van der Waals surface area contributed by atoms with E-state index in [9.17, 15) is 18.3 Å². The van der Waals surface area contributed by atoms with E-state index in [2.05, 4.69) is 0 Å². The Morgan fingerprint density at radius 2 is 1.70 bits per heavy atom. The molecule has 0 aliphatic heterocycles. The van der Waals surface area contributed by atoms with E-state index in [0.29, 0.717) is 5.92 Å². The minimum Gasteiger partial charge on any atom is -0.388 e. The van der Waals surface area contributed by atoms with Crippen molar-refractivity contribution >= 4 is 0 Å². The molecular formula is C16H21F3O. The molecule has 1 saturated carbocycles. The van der Waals surface area contributed by atoms with Gasteiger partial charge in [0, 0.05) is 11.0 Å². The van der Waals surface area contributed by atoms with Crippen molar-refractivity contribution in [3.05, 3.63) is 35.1 Å². The second-order valence-electron chi connectivity index (χ2n) is 6.33. The molecule has 0 bridgehead atoms. The molecule has 0 heterocycles. The quantitative estimate of drug-likeness (QED) is 0.792. The van der Waals surface area contributed by atoms with Crippen LogP contribution in [-0.2, 0) is 0 Å². The lowest BCUT2D eigenvalue weighted by atomic mass is 9.72. The summed E-state index contributed by atoms with van der Waals surface area (Å²) in [5.74, 6) is -3.62. The lowest BCUT2D eigenvalue weighted by Gasteiger charge is -2.36. The van der Waals surface area contributed by atoms with Gasteiger partial charge in [-0.25, -0.2) is 13.2 Å². The van der Waals surface area contributed by atoms with E-state index in [4.69, 9.17) is 0 Å². The Balaban J connectivity index is 2.38. The van der Waals surface area contributed by atoms with Crippen molar-refractivity contribution in [1.29, 1.82) is 0 Å². The molecule has 1 aromatic carbocycles. The van der Waals surface area contributed by atoms with E-state index in [-0.39, 0.29) is 5.56 Å². The van der Waals surface area contributed by atoms with E-state index in [1.165, 1.54) is 6.07 Å². The first-order valence-corrected chi connectivity index (χ1v) is 7.19. The van der Waals surface area contributed by atoms with Crippen LogP contribution in [0.15, 0.2) is 12.1 Å². The third-order valence-electron chi connectivity index (χ3n) is 4.35. The topological polar surface area (TPSA) is 20.2 Å². The first-order valence-electron chi connectivity index (χ1n) is 7.19. The van der Waals surface area contributed by atoms with E-state index in [1.54, 1.807) is 0 Å². The van der Waals surface area contributed by atoms with Crippen LogP contribution in [-0.4, -0.2) is 5.11 Å². The standard InChI is InChI=1S/C16H21F3O/c1-10(2)9-16(7-3-4-8-16)15(20)11-5-6-12(17)14(19)13(11)18/h5-6,10,15,20H,3-4,7-9H2,1-2H3. The van der Waals surface area contributed by atoms with Gasteiger partial charge >= 0.3 is 0 Å². The Bertz CT molecular complexity index is 479. The van der Waals surface area contributed by atoms with Crippen LogP contribution in [0.5, 0.6) is 0 Å². The third kappa shape index (κ3) is 2.71. The summed E-state index contributed by atoms with van der Waals surface area (Å²) in [7, 11) is 0. The van der Waals surface area contributed by atoms with Crippen molar-refractivity contribution in [2.75, 3.05) is 0 Å². The van der Waals surface area contributed by atoms with Gasteiger partial charge in [0.25, 0.3) is 0 Å². The van der Waals surface area contributed by atoms with Gasteiger partial charge in [0.2, 0.25) is 0 Å². The van der Waals surface area contributed by atoms with Gasteiger partial charge < -0.3 is 5.11 Å². The van der Waals surface area contributed by atoms with E-state index in [1.807, 2.05) is 13.8 Å². The molecular weight excluding hydrogens is 265 g/mol. The fourth-order valence-electron chi connectivity index (χ4n) is 3.56. The number of benzene rings is 1. The molecule has 1 nitrogen and oxygen atoms in total. The maximum absolute atomic E-state index is 13.9. The summed E-state index contributed by atoms with van der Waals surface area (Å²) in [6, 6.07) is 2.05. The first kappa shape index (κ1) is 15.4. The van der Waals surface area contributed by atoms with Gasteiger partial charge in [0.05, 0.1) is 6.10 Å². The number of aliphatic hydroxyl groups is 1. The van der Waals surface area contributed by atoms with Gasteiger partial charge in [0.1, 0.15) is 0 Å². The van der Waals surface area contributed by atoms with Gasteiger partial charge in [-0.1, -0.05) is 32.8 Å². The second-order valence-corrected chi connectivity index (χ2v) is 6.33. The van der Waals surface area contributed by atoms with Crippen LogP contribution in [0.25, 0.3) is 0 Å². The van der Waals surface area contributed by atoms with Gasteiger partial charge in [-0.2, -0.15) is 0 Å². The van der Waals surface area contributed by atoms with E-state index >= 15 is 0 Å². The monoisotopic (exact) mass is 286 g/mol. The smallest absolute Gasteiger partial charge is 0.194 e. The molecule has 20 heavy (non-hydrogen) atoms. The Hall–Kier alpha value is -1.03. The van der Waals surface area contributed by atoms with Crippen molar-refractivity contribution in [3.63, 3.8) is 0 Å². The fourth-order valence-corrected chi connectivity index (χ4v) is 3.56. The molecule has 1 aliphatic carbocycles. The molecule has 0 amide bonds. The predicted molar refractivity (Wildman–Crippen MR) is 71.6 cm³/mol. The lowest BCUT2D eigenvalue weighted by Crippen LogP contribution is -2.28. The molecule has 0 radical (unpaired) electrons. The van der Waals surface area contributed by atoms with Crippen LogP contribution in [0.1, 0.15) is 57.6 Å². The molecule has 2 rings (SSSR count). The minimum atomic E-state index is -1.50. The highest BCUT2D eigenvalue weighted by Crippen LogP contribution is 2.52. The molecule has 0 saturated heterocycles. The van der Waals surface area contributed by atoms with Gasteiger partial charge in [-0.15, -0.1) is 0 Å². The Morgan fingerprint density at radius 3 is 2.25 bits per heavy atom. The minimum absolute atomic E-state index is 0.119. The highest BCUT2D eigenvalue weighted by molar-refractivity contribution is 5.24. The summed E-state index contributed by atoms with van der Waals surface area (Å²) >= 11 is 0. The van der Waals surface area contributed by atoms with Gasteiger partial charge in [-0.05, 0) is 31.2 Å². The summed E-state index contributed by atoms with van der Waals surface area (Å²) in [6.45, 7) is 4.10. The highest BCUT2D eigenvalue weighted by atomic mass is 19.2. The number of aliphatic hydroxyl groups excluding tert-OH is 1. The normalized spacial score (nSPS) is 19.6. The second kappa shape index (κ2) is 5.76. The SMILES string of the molecule is CC(C)CC1(C(O)c2ccc(F)c(F)c2F)CCCC1. The number of halogens is 3. The zero-order valence-corrected chi connectivity index (χ0v) is 11.9. The fraction of sp³-hybridized carbons (Fsp3) is 0.625. The zero-order valence-electron chi connectivity index (χ0n) is 11.9. The van der Waals surface area contributed by atoms with Gasteiger partial charge in [-0.3, -0.25) is 0 Å². The zero-order chi connectivity index (χ0) is 14.9. The average molecular weight is 286 g/mol. The Morgan fingerprint density at radius 1 is 1.10 bits per heavy atom. The molecule has 0 aromatic heterocycles. The highest BCUT2D eigenvalue weighted by Gasteiger charge is 2.42. The van der Waals surface area contributed by atoms with Crippen molar-refractivity contribution in [2.45, 2.75) is 52.1 Å². The Labute approximate surface area is 117 Å². The molecule has 1 aliphatic rings. The van der Waals surface area contributed by atoms with Crippen molar-refractivity contribution < 1.29 is 18.3 Å².